The molecule has 0 aliphatic carbocycles. The summed E-state index contributed by atoms with van der Waals surface area (Å²) in [6.07, 6.45) is 1.03. The molecule has 0 spiro atoms. The van der Waals surface area contributed by atoms with Crippen molar-refractivity contribution in [3.8, 4) is 5.75 Å². The van der Waals surface area contributed by atoms with E-state index in [1.165, 1.54) is 5.56 Å². The molecule has 0 aromatic heterocycles. The van der Waals surface area contributed by atoms with Gasteiger partial charge in [0.2, 0.25) is 0 Å². The van der Waals surface area contributed by atoms with E-state index in [0.29, 0.717) is 6.04 Å². The molecular formula is C11H16N2O. The lowest BCUT2D eigenvalue weighted by Gasteiger charge is -2.25. The lowest BCUT2D eigenvalue weighted by atomic mass is 10.0. The average Bonchev–Trinajstić information content (AvgIpc) is 2.19. The highest BCUT2D eigenvalue weighted by molar-refractivity contribution is 5.49. The quantitative estimate of drug-likeness (QED) is 0.692. The number of rotatable bonds is 2. The minimum absolute atomic E-state index is 0.441. The fraction of sp³-hybridized carbons (Fsp3) is 0.455. The van der Waals surface area contributed by atoms with E-state index in [4.69, 9.17) is 10.5 Å². The molecule has 1 aliphatic heterocycles. The minimum atomic E-state index is 0.441. The topological polar surface area (TPSA) is 47.3 Å². The molecular weight excluding hydrogens is 176 g/mol. The van der Waals surface area contributed by atoms with E-state index < -0.39 is 0 Å². The molecule has 1 atom stereocenters. The van der Waals surface area contributed by atoms with Gasteiger partial charge in [0.1, 0.15) is 12.4 Å². The number of hydrogen-bond donors (Lipinski definition) is 2. The Balaban J connectivity index is 2.15. The number of anilines is 1. The Kier molecular flexibility index (Phi) is 2.59. The molecule has 0 radical (unpaired) electrons. The van der Waals surface area contributed by atoms with Crippen LogP contribution in [0, 0.1) is 0 Å². The fourth-order valence-electron chi connectivity index (χ4n) is 1.81. The second-order valence-electron chi connectivity index (χ2n) is 3.64. The number of nitrogen functional groups attached to an aromatic ring is 1. The first kappa shape index (κ1) is 9.34. The van der Waals surface area contributed by atoms with Gasteiger partial charge in [-0.2, -0.15) is 0 Å². The summed E-state index contributed by atoms with van der Waals surface area (Å²) in [5.41, 5.74) is 7.70. The Morgan fingerprint density at radius 2 is 2.43 bits per heavy atom. The van der Waals surface area contributed by atoms with Crippen molar-refractivity contribution in [2.24, 2.45) is 0 Å². The Morgan fingerprint density at radius 1 is 1.57 bits per heavy atom. The standard InChI is InChI=1S/C11H16N2O/c1-2-13-10-5-8-3-4-9(12)6-11(8)14-7-10/h3-4,6,10,13H,2,5,7,12H2,1H3. The van der Waals surface area contributed by atoms with Crippen molar-refractivity contribution in [3.05, 3.63) is 23.8 Å². The van der Waals surface area contributed by atoms with Gasteiger partial charge in [-0.15, -0.1) is 0 Å². The van der Waals surface area contributed by atoms with Crippen molar-refractivity contribution in [1.29, 1.82) is 0 Å². The van der Waals surface area contributed by atoms with E-state index in [1.807, 2.05) is 18.2 Å². The van der Waals surface area contributed by atoms with Crippen LogP contribution in [0.1, 0.15) is 12.5 Å². The predicted molar refractivity (Wildman–Crippen MR) is 57.5 cm³/mol. The van der Waals surface area contributed by atoms with Crippen molar-refractivity contribution >= 4 is 5.69 Å². The Morgan fingerprint density at radius 3 is 3.21 bits per heavy atom. The van der Waals surface area contributed by atoms with Gasteiger partial charge in [-0.1, -0.05) is 13.0 Å². The number of fused-ring (bicyclic) bond motifs is 1. The Bertz CT molecular complexity index is 325. The van der Waals surface area contributed by atoms with Crippen LogP contribution < -0.4 is 15.8 Å². The van der Waals surface area contributed by atoms with Gasteiger partial charge in [0.25, 0.3) is 0 Å². The molecule has 1 heterocycles. The molecule has 0 saturated heterocycles. The SMILES string of the molecule is CCNC1COc2cc(N)ccc2C1. The van der Waals surface area contributed by atoms with E-state index in [-0.39, 0.29) is 0 Å². The summed E-state index contributed by atoms with van der Waals surface area (Å²) in [6.45, 7) is 3.83. The van der Waals surface area contributed by atoms with Crippen LogP contribution in [-0.2, 0) is 6.42 Å². The maximum atomic E-state index is 5.68. The molecule has 1 aliphatic rings. The molecule has 3 nitrogen and oxygen atoms in total. The predicted octanol–water partition coefficient (Wildman–Crippen LogP) is 1.18. The number of nitrogens with two attached hydrogens (primary N) is 1. The number of nitrogens with one attached hydrogen (secondary N) is 1. The Hall–Kier alpha value is -1.22. The molecule has 2 rings (SSSR count). The molecule has 1 aromatic carbocycles. The van der Waals surface area contributed by atoms with E-state index in [2.05, 4.69) is 12.2 Å². The highest BCUT2D eigenvalue weighted by atomic mass is 16.5. The number of hydrogen-bond acceptors (Lipinski definition) is 3. The zero-order valence-corrected chi connectivity index (χ0v) is 8.42. The first-order chi connectivity index (χ1) is 6.79. The monoisotopic (exact) mass is 192 g/mol. The van der Waals surface area contributed by atoms with Gasteiger partial charge in [-0.25, -0.2) is 0 Å². The third kappa shape index (κ3) is 1.82. The van der Waals surface area contributed by atoms with Crippen LogP contribution in [0.15, 0.2) is 18.2 Å². The minimum Gasteiger partial charge on any atom is -0.492 e. The fourth-order valence-corrected chi connectivity index (χ4v) is 1.81. The smallest absolute Gasteiger partial charge is 0.124 e. The second kappa shape index (κ2) is 3.88. The number of likely N-dealkylation sites (N-methyl/N-ethyl adjacent to an activating group) is 1. The zero-order valence-electron chi connectivity index (χ0n) is 8.42. The van der Waals surface area contributed by atoms with Crippen LogP contribution in [0.2, 0.25) is 0 Å². The molecule has 1 aromatic rings. The van der Waals surface area contributed by atoms with Crippen molar-refractivity contribution in [1.82, 2.24) is 5.32 Å². The van der Waals surface area contributed by atoms with E-state index in [9.17, 15) is 0 Å². The van der Waals surface area contributed by atoms with Crippen molar-refractivity contribution in [3.63, 3.8) is 0 Å². The molecule has 76 valence electrons. The number of ether oxygens (including phenoxy) is 1. The van der Waals surface area contributed by atoms with Gasteiger partial charge in [-0.05, 0) is 24.6 Å². The normalized spacial score (nSPS) is 19.9. The summed E-state index contributed by atoms with van der Waals surface area (Å²) in [5, 5.41) is 3.38. The maximum absolute atomic E-state index is 5.68. The summed E-state index contributed by atoms with van der Waals surface area (Å²) in [6, 6.07) is 6.32. The highest BCUT2D eigenvalue weighted by Gasteiger charge is 2.18. The lowest BCUT2D eigenvalue weighted by molar-refractivity contribution is 0.241. The van der Waals surface area contributed by atoms with Crippen molar-refractivity contribution < 1.29 is 4.74 Å². The summed E-state index contributed by atoms with van der Waals surface area (Å²) < 4.78 is 5.63. The maximum Gasteiger partial charge on any atom is 0.124 e. The van der Waals surface area contributed by atoms with Gasteiger partial charge in [-0.3, -0.25) is 0 Å². The van der Waals surface area contributed by atoms with Crippen LogP contribution in [-0.4, -0.2) is 19.2 Å². The van der Waals surface area contributed by atoms with Crippen LogP contribution in [0.3, 0.4) is 0 Å². The number of benzene rings is 1. The lowest BCUT2D eigenvalue weighted by Crippen LogP contribution is -2.39. The zero-order chi connectivity index (χ0) is 9.97. The summed E-state index contributed by atoms with van der Waals surface area (Å²) >= 11 is 0. The third-order valence-electron chi connectivity index (χ3n) is 2.49. The van der Waals surface area contributed by atoms with Gasteiger partial charge < -0.3 is 15.8 Å². The van der Waals surface area contributed by atoms with E-state index >= 15 is 0 Å². The third-order valence-corrected chi connectivity index (χ3v) is 2.49. The molecule has 0 amide bonds. The molecule has 3 N–H and O–H groups in total. The average molecular weight is 192 g/mol. The largest absolute Gasteiger partial charge is 0.492 e. The Labute approximate surface area is 84.3 Å². The second-order valence-corrected chi connectivity index (χ2v) is 3.64. The molecule has 0 bridgehead atoms. The molecule has 1 unspecified atom stereocenters. The highest BCUT2D eigenvalue weighted by Crippen LogP contribution is 2.26. The summed E-state index contributed by atoms with van der Waals surface area (Å²) in [5.74, 6) is 0.944. The van der Waals surface area contributed by atoms with Gasteiger partial charge >= 0.3 is 0 Å². The van der Waals surface area contributed by atoms with E-state index in [0.717, 1.165) is 31.0 Å². The first-order valence-corrected chi connectivity index (χ1v) is 5.04. The van der Waals surface area contributed by atoms with Gasteiger partial charge in [0.15, 0.2) is 0 Å². The van der Waals surface area contributed by atoms with Gasteiger partial charge in [0.05, 0.1) is 0 Å². The molecule has 3 heteroatoms. The van der Waals surface area contributed by atoms with Crippen LogP contribution >= 0.6 is 0 Å². The van der Waals surface area contributed by atoms with Crippen molar-refractivity contribution in [2.45, 2.75) is 19.4 Å². The van der Waals surface area contributed by atoms with Crippen LogP contribution in [0.4, 0.5) is 5.69 Å². The molecule has 0 fully saturated rings. The summed E-state index contributed by atoms with van der Waals surface area (Å²) in [4.78, 5) is 0. The van der Waals surface area contributed by atoms with Crippen LogP contribution in [0.25, 0.3) is 0 Å². The molecule has 0 saturated carbocycles. The van der Waals surface area contributed by atoms with Crippen molar-refractivity contribution in [2.75, 3.05) is 18.9 Å². The first-order valence-electron chi connectivity index (χ1n) is 5.04. The summed E-state index contributed by atoms with van der Waals surface area (Å²) in [7, 11) is 0. The molecule has 14 heavy (non-hydrogen) atoms. The van der Waals surface area contributed by atoms with E-state index in [1.54, 1.807) is 0 Å². The van der Waals surface area contributed by atoms with Gasteiger partial charge in [0, 0.05) is 17.8 Å². The van der Waals surface area contributed by atoms with Crippen LogP contribution in [0.5, 0.6) is 5.75 Å².